The van der Waals surface area contributed by atoms with Gasteiger partial charge < -0.3 is 15.8 Å². The number of rotatable bonds is 5. The lowest BCUT2D eigenvalue weighted by Crippen LogP contribution is -2.22. The molecule has 1 rings (SSSR count). The molecular formula is C12H15F3N2O2. The molecule has 0 unspecified atom stereocenters. The number of nitrogens with one attached hydrogen (secondary N) is 1. The molecule has 3 N–H and O–H groups in total. The first-order valence-electron chi connectivity index (χ1n) is 5.70. The number of ether oxygens (including phenoxy) is 1. The van der Waals surface area contributed by atoms with Crippen molar-refractivity contribution in [2.24, 2.45) is 0 Å². The largest absolute Gasteiger partial charge is 0.491 e. The molecule has 0 fully saturated rings. The highest BCUT2D eigenvalue weighted by Gasteiger charge is 2.27. The molecule has 0 saturated heterocycles. The van der Waals surface area contributed by atoms with Crippen LogP contribution in [0.3, 0.4) is 0 Å². The van der Waals surface area contributed by atoms with Crippen molar-refractivity contribution in [3.05, 3.63) is 23.8 Å². The predicted octanol–water partition coefficient (Wildman–Crippen LogP) is 2.35. The van der Waals surface area contributed by atoms with Crippen molar-refractivity contribution >= 4 is 11.6 Å². The van der Waals surface area contributed by atoms with Crippen LogP contribution < -0.4 is 15.8 Å². The van der Waals surface area contributed by atoms with Gasteiger partial charge in [-0.3, -0.25) is 4.79 Å². The Bertz CT molecular complexity index is 447. The Balaban J connectivity index is 2.65. The molecule has 7 heteroatoms. The Morgan fingerprint density at radius 1 is 1.42 bits per heavy atom. The Hall–Kier alpha value is -1.92. The molecule has 1 amide bonds. The van der Waals surface area contributed by atoms with Gasteiger partial charge in [0.2, 0.25) is 0 Å². The third-order valence-corrected chi connectivity index (χ3v) is 2.25. The number of hydrogen-bond acceptors (Lipinski definition) is 3. The van der Waals surface area contributed by atoms with Gasteiger partial charge in [0.25, 0.3) is 5.91 Å². The van der Waals surface area contributed by atoms with Gasteiger partial charge in [0.05, 0.1) is 18.7 Å². The molecule has 0 aliphatic rings. The highest BCUT2D eigenvalue weighted by atomic mass is 19.4. The number of carbonyl (C=O) groups excluding carboxylic acids is 1. The van der Waals surface area contributed by atoms with E-state index in [0.717, 1.165) is 0 Å². The summed E-state index contributed by atoms with van der Waals surface area (Å²) in [6.07, 6.45) is -5.32. The number of halogens is 3. The van der Waals surface area contributed by atoms with Gasteiger partial charge >= 0.3 is 6.18 Å². The first kappa shape index (κ1) is 15.1. The minimum absolute atomic E-state index is 0.130. The number of amides is 1. The van der Waals surface area contributed by atoms with E-state index < -0.39 is 19.2 Å². The van der Waals surface area contributed by atoms with Gasteiger partial charge in [0, 0.05) is 12.1 Å². The smallest absolute Gasteiger partial charge is 0.392 e. The minimum atomic E-state index is -4.27. The van der Waals surface area contributed by atoms with E-state index >= 15 is 0 Å². The second-order valence-corrected chi connectivity index (χ2v) is 3.83. The molecule has 0 heterocycles. The molecule has 0 aliphatic carbocycles. The quantitative estimate of drug-likeness (QED) is 0.811. The summed E-state index contributed by atoms with van der Waals surface area (Å²) in [7, 11) is 0. The predicted molar refractivity (Wildman–Crippen MR) is 65.0 cm³/mol. The van der Waals surface area contributed by atoms with Crippen LogP contribution in [-0.2, 0) is 0 Å². The Morgan fingerprint density at radius 3 is 2.63 bits per heavy atom. The number of nitrogens with two attached hydrogens (primary N) is 1. The normalized spacial score (nSPS) is 11.2. The number of hydrogen-bond donors (Lipinski definition) is 2. The summed E-state index contributed by atoms with van der Waals surface area (Å²) in [5, 5.41) is 2.59. The van der Waals surface area contributed by atoms with Crippen molar-refractivity contribution < 1.29 is 22.7 Å². The van der Waals surface area contributed by atoms with Crippen molar-refractivity contribution in [3.8, 4) is 5.75 Å². The van der Waals surface area contributed by atoms with E-state index in [0.29, 0.717) is 12.1 Å². The van der Waals surface area contributed by atoms with Gasteiger partial charge in [-0.25, -0.2) is 0 Å². The molecule has 0 bridgehead atoms. The van der Waals surface area contributed by atoms with E-state index in [1.807, 2.05) is 0 Å². The molecular weight excluding hydrogens is 261 g/mol. The molecule has 106 valence electrons. The summed E-state index contributed by atoms with van der Waals surface area (Å²) in [5.41, 5.74) is 6.09. The molecule has 19 heavy (non-hydrogen) atoms. The third kappa shape index (κ3) is 5.07. The Labute approximate surface area is 108 Å². The van der Waals surface area contributed by atoms with Crippen LogP contribution in [0, 0.1) is 0 Å². The molecule has 0 aromatic heterocycles. The maximum Gasteiger partial charge on any atom is 0.392 e. The van der Waals surface area contributed by atoms with E-state index in [1.165, 1.54) is 18.2 Å². The average Bonchev–Trinajstić information content (AvgIpc) is 2.30. The van der Waals surface area contributed by atoms with Crippen LogP contribution in [0.2, 0.25) is 0 Å². The van der Waals surface area contributed by atoms with Crippen LogP contribution in [0.5, 0.6) is 5.75 Å². The second-order valence-electron chi connectivity index (χ2n) is 3.83. The average molecular weight is 276 g/mol. The maximum absolute atomic E-state index is 11.9. The first-order chi connectivity index (χ1) is 8.83. The molecule has 0 aliphatic heterocycles. The van der Waals surface area contributed by atoms with E-state index in [1.54, 1.807) is 6.92 Å². The fourth-order valence-electron chi connectivity index (χ4n) is 1.36. The lowest BCUT2D eigenvalue weighted by atomic mass is 10.1. The van der Waals surface area contributed by atoms with Crippen LogP contribution >= 0.6 is 0 Å². The lowest BCUT2D eigenvalue weighted by molar-refractivity contribution is -0.139. The van der Waals surface area contributed by atoms with Crippen molar-refractivity contribution in [2.75, 3.05) is 18.9 Å². The van der Waals surface area contributed by atoms with Crippen LogP contribution in [0.15, 0.2) is 18.2 Å². The van der Waals surface area contributed by atoms with Crippen LogP contribution in [0.25, 0.3) is 0 Å². The van der Waals surface area contributed by atoms with Crippen molar-refractivity contribution in [1.82, 2.24) is 5.32 Å². The van der Waals surface area contributed by atoms with Gasteiger partial charge in [0.15, 0.2) is 0 Å². The fraction of sp³-hybridized carbons (Fsp3) is 0.417. The molecule has 0 spiro atoms. The summed E-state index contributed by atoms with van der Waals surface area (Å²) in [6, 6.07) is 4.20. The SMILES string of the molecule is CCNC(=O)c1ccc(OCCC(F)(F)F)c(N)c1. The number of anilines is 1. The van der Waals surface area contributed by atoms with E-state index in [2.05, 4.69) is 5.32 Å². The summed E-state index contributed by atoms with van der Waals surface area (Å²) in [6.45, 7) is 1.74. The van der Waals surface area contributed by atoms with E-state index in [4.69, 9.17) is 10.5 Å². The number of benzene rings is 1. The molecule has 1 aromatic carbocycles. The minimum Gasteiger partial charge on any atom is -0.491 e. The number of nitrogen functional groups attached to an aromatic ring is 1. The highest BCUT2D eigenvalue weighted by molar-refractivity contribution is 5.95. The summed E-state index contributed by atoms with van der Waals surface area (Å²) in [5.74, 6) is -0.159. The maximum atomic E-state index is 11.9. The number of alkyl halides is 3. The standard InChI is InChI=1S/C12H15F3N2O2/c1-2-17-11(18)8-3-4-10(9(16)7-8)19-6-5-12(13,14)15/h3-4,7H,2,5-6,16H2,1H3,(H,17,18). The third-order valence-electron chi connectivity index (χ3n) is 2.25. The first-order valence-corrected chi connectivity index (χ1v) is 5.70. The van der Waals surface area contributed by atoms with Gasteiger partial charge in [-0.05, 0) is 25.1 Å². The van der Waals surface area contributed by atoms with Gasteiger partial charge in [-0.2, -0.15) is 13.2 Å². The summed E-state index contributed by atoms with van der Waals surface area (Å²) >= 11 is 0. The Morgan fingerprint density at radius 2 is 2.11 bits per heavy atom. The topological polar surface area (TPSA) is 64.3 Å². The zero-order valence-electron chi connectivity index (χ0n) is 10.4. The molecule has 1 aromatic rings. The van der Waals surface area contributed by atoms with Crippen molar-refractivity contribution in [1.29, 1.82) is 0 Å². The fourth-order valence-corrected chi connectivity index (χ4v) is 1.36. The zero-order chi connectivity index (χ0) is 14.5. The lowest BCUT2D eigenvalue weighted by Gasteiger charge is -2.11. The Kier molecular flexibility index (Phi) is 5.02. The molecule has 0 saturated carbocycles. The number of carbonyl (C=O) groups is 1. The van der Waals surface area contributed by atoms with Gasteiger partial charge in [-0.1, -0.05) is 0 Å². The van der Waals surface area contributed by atoms with Crippen LogP contribution in [0.4, 0.5) is 18.9 Å². The van der Waals surface area contributed by atoms with Gasteiger partial charge in [0.1, 0.15) is 5.75 Å². The zero-order valence-corrected chi connectivity index (χ0v) is 10.4. The summed E-state index contributed by atoms with van der Waals surface area (Å²) in [4.78, 5) is 11.5. The van der Waals surface area contributed by atoms with E-state index in [-0.39, 0.29) is 17.3 Å². The molecule has 0 atom stereocenters. The summed E-state index contributed by atoms with van der Waals surface area (Å²) < 4.78 is 40.8. The van der Waals surface area contributed by atoms with Crippen LogP contribution in [0.1, 0.15) is 23.7 Å². The molecule has 4 nitrogen and oxygen atoms in total. The van der Waals surface area contributed by atoms with Gasteiger partial charge in [-0.15, -0.1) is 0 Å². The second kappa shape index (κ2) is 6.31. The highest BCUT2D eigenvalue weighted by Crippen LogP contribution is 2.25. The van der Waals surface area contributed by atoms with E-state index in [9.17, 15) is 18.0 Å². The van der Waals surface area contributed by atoms with Crippen molar-refractivity contribution in [3.63, 3.8) is 0 Å². The molecule has 0 radical (unpaired) electrons. The van der Waals surface area contributed by atoms with Crippen LogP contribution in [-0.4, -0.2) is 25.2 Å². The monoisotopic (exact) mass is 276 g/mol. The van der Waals surface area contributed by atoms with Crippen molar-refractivity contribution in [2.45, 2.75) is 19.5 Å².